The van der Waals surface area contributed by atoms with Crippen LogP contribution in [0.25, 0.3) is 0 Å². The van der Waals surface area contributed by atoms with Crippen LogP contribution < -0.4 is 0 Å². The third-order valence-electron chi connectivity index (χ3n) is 4.15. The van der Waals surface area contributed by atoms with Gasteiger partial charge in [0.2, 0.25) is 15.9 Å². The number of esters is 1. The van der Waals surface area contributed by atoms with Crippen molar-refractivity contribution in [1.82, 2.24) is 14.1 Å². The Balaban J connectivity index is 1.88. The van der Waals surface area contributed by atoms with Gasteiger partial charge in [0.25, 0.3) is 0 Å². The number of carbonyl (C=O) groups excluding carboxylic acids is 2. The van der Waals surface area contributed by atoms with Crippen molar-refractivity contribution in [3.63, 3.8) is 0 Å². The highest BCUT2D eigenvalue weighted by Gasteiger charge is 2.30. The molecule has 0 spiro atoms. The number of piperazine rings is 1. The SMILES string of the molecule is CCOC(=O)CN(C)CC(=O)N1CCN(S(=O)(=O)c2ccc(F)cc2)CC1. The van der Waals surface area contributed by atoms with Crippen LogP contribution in [-0.2, 0) is 24.3 Å². The van der Waals surface area contributed by atoms with E-state index >= 15 is 0 Å². The molecule has 1 heterocycles. The Bertz CT molecular complexity index is 761. The Morgan fingerprint density at radius 1 is 1.11 bits per heavy atom. The third kappa shape index (κ3) is 5.72. The van der Waals surface area contributed by atoms with Crippen LogP contribution in [0.1, 0.15) is 6.92 Å². The summed E-state index contributed by atoms with van der Waals surface area (Å²) in [7, 11) is -2.07. The van der Waals surface area contributed by atoms with Crippen molar-refractivity contribution in [2.24, 2.45) is 0 Å². The minimum absolute atomic E-state index is 0.0124. The Hall–Kier alpha value is -2.04. The summed E-state index contributed by atoms with van der Waals surface area (Å²) in [5.41, 5.74) is 0. The van der Waals surface area contributed by atoms with Crippen molar-refractivity contribution in [3.05, 3.63) is 30.1 Å². The summed E-state index contributed by atoms with van der Waals surface area (Å²) < 4.78 is 44.3. The van der Waals surface area contributed by atoms with Gasteiger partial charge >= 0.3 is 5.97 Å². The molecule has 1 aromatic carbocycles. The van der Waals surface area contributed by atoms with Gasteiger partial charge in [-0.1, -0.05) is 0 Å². The molecule has 0 bridgehead atoms. The number of amides is 1. The molecule has 0 atom stereocenters. The topological polar surface area (TPSA) is 87.2 Å². The van der Waals surface area contributed by atoms with Crippen molar-refractivity contribution in [2.75, 3.05) is 52.9 Å². The van der Waals surface area contributed by atoms with E-state index in [1.807, 2.05) is 0 Å². The van der Waals surface area contributed by atoms with Gasteiger partial charge in [-0.3, -0.25) is 14.5 Å². The average molecular weight is 401 g/mol. The van der Waals surface area contributed by atoms with Crippen molar-refractivity contribution < 1.29 is 27.1 Å². The zero-order chi connectivity index (χ0) is 20.0. The van der Waals surface area contributed by atoms with Crippen molar-refractivity contribution in [1.29, 1.82) is 0 Å². The van der Waals surface area contributed by atoms with Crippen molar-refractivity contribution in [3.8, 4) is 0 Å². The second kappa shape index (κ2) is 9.25. The molecule has 8 nitrogen and oxygen atoms in total. The lowest BCUT2D eigenvalue weighted by Gasteiger charge is -2.34. The first kappa shape index (κ1) is 21.3. The summed E-state index contributed by atoms with van der Waals surface area (Å²) in [6.07, 6.45) is 0. The first-order valence-corrected chi connectivity index (χ1v) is 10.1. The molecule has 1 fully saturated rings. The summed E-state index contributed by atoms with van der Waals surface area (Å²) in [6.45, 7) is 2.88. The Kier molecular flexibility index (Phi) is 7.28. The maximum absolute atomic E-state index is 13.0. The van der Waals surface area contributed by atoms with Crippen LogP contribution in [0, 0.1) is 5.82 Å². The summed E-state index contributed by atoms with van der Waals surface area (Å²) >= 11 is 0. The molecule has 0 aromatic heterocycles. The Morgan fingerprint density at radius 2 is 1.70 bits per heavy atom. The van der Waals surface area contributed by atoms with Gasteiger partial charge in [0.1, 0.15) is 5.82 Å². The van der Waals surface area contributed by atoms with Crippen molar-refractivity contribution in [2.45, 2.75) is 11.8 Å². The van der Waals surface area contributed by atoms with Gasteiger partial charge in [0.05, 0.1) is 24.6 Å². The lowest BCUT2D eigenvalue weighted by atomic mass is 10.3. The zero-order valence-corrected chi connectivity index (χ0v) is 16.2. The summed E-state index contributed by atoms with van der Waals surface area (Å²) in [5.74, 6) is -1.08. The molecular weight excluding hydrogens is 377 g/mol. The second-order valence-electron chi connectivity index (χ2n) is 6.22. The molecule has 150 valence electrons. The molecule has 0 N–H and O–H groups in total. The maximum atomic E-state index is 13.0. The number of likely N-dealkylation sites (N-methyl/N-ethyl adjacent to an activating group) is 1. The van der Waals surface area contributed by atoms with Crippen LogP contribution in [0.5, 0.6) is 0 Å². The lowest BCUT2D eigenvalue weighted by Crippen LogP contribution is -2.52. The van der Waals surface area contributed by atoms with E-state index < -0.39 is 21.8 Å². The van der Waals surface area contributed by atoms with Crippen LogP contribution >= 0.6 is 0 Å². The molecule has 1 aliphatic heterocycles. The highest BCUT2D eigenvalue weighted by Crippen LogP contribution is 2.18. The van der Waals surface area contributed by atoms with Crippen LogP contribution in [0.2, 0.25) is 0 Å². The van der Waals surface area contributed by atoms with Crippen molar-refractivity contribution >= 4 is 21.9 Å². The first-order chi connectivity index (χ1) is 12.7. The number of benzene rings is 1. The zero-order valence-electron chi connectivity index (χ0n) is 15.4. The fourth-order valence-electron chi connectivity index (χ4n) is 2.75. The maximum Gasteiger partial charge on any atom is 0.320 e. The quantitative estimate of drug-likeness (QED) is 0.605. The van der Waals surface area contributed by atoms with E-state index in [9.17, 15) is 22.4 Å². The molecule has 2 rings (SSSR count). The Labute approximate surface area is 158 Å². The van der Waals surface area contributed by atoms with E-state index in [1.165, 1.54) is 16.4 Å². The fourth-order valence-corrected chi connectivity index (χ4v) is 4.17. The summed E-state index contributed by atoms with van der Waals surface area (Å²) in [5, 5.41) is 0. The molecule has 27 heavy (non-hydrogen) atoms. The number of rotatable bonds is 7. The lowest BCUT2D eigenvalue weighted by molar-refractivity contribution is -0.144. The predicted molar refractivity (Wildman–Crippen MR) is 95.9 cm³/mol. The van der Waals surface area contributed by atoms with E-state index in [1.54, 1.807) is 23.8 Å². The second-order valence-corrected chi connectivity index (χ2v) is 8.15. The Morgan fingerprint density at radius 3 is 2.26 bits per heavy atom. The average Bonchev–Trinajstić information content (AvgIpc) is 2.62. The molecule has 0 radical (unpaired) electrons. The number of sulfonamides is 1. The number of hydrogen-bond donors (Lipinski definition) is 0. The number of halogens is 1. The van der Waals surface area contributed by atoms with Gasteiger partial charge in [-0.25, -0.2) is 12.8 Å². The normalized spacial score (nSPS) is 15.8. The molecule has 0 aliphatic carbocycles. The number of ether oxygens (including phenoxy) is 1. The highest BCUT2D eigenvalue weighted by atomic mass is 32.2. The van der Waals surface area contributed by atoms with Gasteiger partial charge in [0.15, 0.2) is 0 Å². The molecular formula is C17H24FN3O5S. The van der Waals surface area contributed by atoms with Crippen LogP contribution in [0.15, 0.2) is 29.2 Å². The smallest absolute Gasteiger partial charge is 0.320 e. The minimum Gasteiger partial charge on any atom is -0.465 e. The summed E-state index contributed by atoms with van der Waals surface area (Å²) in [6, 6.07) is 4.66. The largest absolute Gasteiger partial charge is 0.465 e. The molecule has 1 aromatic rings. The number of nitrogens with zero attached hydrogens (tertiary/aromatic N) is 3. The first-order valence-electron chi connectivity index (χ1n) is 8.61. The van der Waals surface area contributed by atoms with E-state index in [4.69, 9.17) is 4.74 Å². The molecule has 0 saturated carbocycles. The van der Waals surface area contributed by atoms with E-state index in [0.717, 1.165) is 12.1 Å². The fraction of sp³-hybridized carbons (Fsp3) is 0.529. The van der Waals surface area contributed by atoms with Gasteiger partial charge in [0, 0.05) is 26.2 Å². The van der Waals surface area contributed by atoms with E-state index in [0.29, 0.717) is 0 Å². The summed E-state index contributed by atoms with van der Waals surface area (Å²) in [4.78, 5) is 26.9. The molecule has 10 heteroatoms. The third-order valence-corrected chi connectivity index (χ3v) is 6.07. The number of hydrogen-bond acceptors (Lipinski definition) is 6. The van der Waals surface area contributed by atoms with Crippen LogP contribution in [0.4, 0.5) is 4.39 Å². The van der Waals surface area contributed by atoms with Crippen LogP contribution in [-0.4, -0.2) is 87.3 Å². The standard InChI is InChI=1S/C17H24FN3O5S/c1-3-26-17(23)13-19(2)12-16(22)20-8-10-21(11-9-20)27(24,25)15-6-4-14(18)5-7-15/h4-7H,3,8-13H2,1-2H3. The molecule has 1 amide bonds. The van der Waals surface area contributed by atoms with Gasteiger partial charge < -0.3 is 9.64 Å². The van der Waals surface area contributed by atoms with Gasteiger partial charge in [-0.2, -0.15) is 4.31 Å². The van der Waals surface area contributed by atoms with E-state index in [2.05, 4.69) is 0 Å². The highest BCUT2D eigenvalue weighted by molar-refractivity contribution is 7.89. The molecule has 1 aliphatic rings. The molecule has 0 unspecified atom stereocenters. The van der Waals surface area contributed by atoms with Gasteiger partial charge in [-0.15, -0.1) is 0 Å². The van der Waals surface area contributed by atoms with Gasteiger partial charge in [-0.05, 0) is 38.2 Å². The minimum atomic E-state index is -3.72. The molecule has 1 saturated heterocycles. The van der Waals surface area contributed by atoms with E-state index in [-0.39, 0.29) is 56.7 Å². The monoisotopic (exact) mass is 401 g/mol. The predicted octanol–water partition coefficient (Wildman–Crippen LogP) is 0.154. The number of carbonyl (C=O) groups is 2. The van der Waals surface area contributed by atoms with Crippen LogP contribution in [0.3, 0.4) is 0 Å².